The summed E-state index contributed by atoms with van der Waals surface area (Å²) in [4.78, 5) is 0. The van der Waals surface area contributed by atoms with Gasteiger partial charge >= 0.3 is 0 Å². The Hall–Kier alpha value is -1.90. The van der Waals surface area contributed by atoms with Crippen LogP contribution >= 0.6 is 23.2 Å². The lowest BCUT2D eigenvalue weighted by Crippen LogP contribution is -2.41. The molecule has 0 radical (unpaired) electrons. The lowest BCUT2D eigenvalue weighted by atomic mass is 9.94. The van der Waals surface area contributed by atoms with Gasteiger partial charge in [0.25, 0.3) is 0 Å². The van der Waals surface area contributed by atoms with Gasteiger partial charge in [-0.05, 0) is 31.2 Å². The van der Waals surface area contributed by atoms with Crippen LogP contribution in [0.5, 0.6) is 23.0 Å². The number of hydrogen-bond donors (Lipinski definition) is 2. The molecule has 30 heavy (non-hydrogen) atoms. The average Bonchev–Trinajstić information content (AvgIpc) is 2.94. The second kappa shape index (κ2) is 9.49. The number of halogens is 2. The van der Waals surface area contributed by atoms with Gasteiger partial charge in [-0.1, -0.05) is 23.2 Å². The highest BCUT2D eigenvalue weighted by molar-refractivity contribution is 6.32. The van der Waals surface area contributed by atoms with Crippen LogP contribution in [0.25, 0.3) is 0 Å². The summed E-state index contributed by atoms with van der Waals surface area (Å²) in [5, 5.41) is 21.7. The molecule has 1 heterocycles. The highest BCUT2D eigenvalue weighted by Crippen LogP contribution is 2.38. The van der Waals surface area contributed by atoms with Crippen LogP contribution in [-0.2, 0) is 4.74 Å². The summed E-state index contributed by atoms with van der Waals surface area (Å²) in [5.74, 6) is 1.97. The molecular formula is C21H24Cl2O7. The van der Waals surface area contributed by atoms with E-state index in [1.54, 1.807) is 50.4 Å². The van der Waals surface area contributed by atoms with E-state index in [1.807, 2.05) is 0 Å². The van der Waals surface area contributed by atoms with Crippen molar-refractivity contribution in [3.8, 4) is 23.0 Å². The molecule has 0 bridgehead atoms. The van der Waals surface area contributed by atoms with E-state index < -0.39 is 24.1 Å². The Morgan fingerprint density at radius 2 is 1.53 bits per heavy atom. The molecule has 0 aromatic heterocycles. The molecule has 0 aliphatic carbocycles. The van der Waals surface area contributed by atoms with Gasteiger partial charge in [-0.2, -0.15) is 0 Å². The maximum Gasteiger partial charge on any atom is 0.229 e. The van der Waals surface area contributed by atoms with E-state index in [-0.39, 0.29) is 13.0 Å². The molecule has 2 aromatic rings. The highest BCUT2D eigenvalue weighted by Gasteiger charge is 2.52. The molecule has 9 heteroatoms. The van der Waals surface area contributed by atoms with Crippen LogP contribution in [-0.4, -0.2) is 55.1 Å². The van der Waals surface area contributed by atoms with E-state index in [4.69, 9.17) is 46.9 Å². The van der Waals surface area contributed by atoms with Crippen LogP contribution in [0.1, 0.15) is 13.3 Å². The Kier molecular flexibility index (Phi) is 7.21. The third kappa shape index (κ3) is 4.87. The van der Waals surface area contributed by atoms with E-state index in [1.165, 1.54) is 7.11 Å². The molecule has 7 nitrogen and oxygen atoms in total. The highest BCUT2D eigenvalue weighted by atomic mass is 35.5. The topological polar surface area (TPSA) is 86.6 Å². The lowest BCUT2D eigenvalue weighted by molar-refractivity contribution is -0.145. The van der Waals surface area contributed by atoms with Gasteiger partial charge in [0.1, 0.15) is 40.8 Å². The standard InChI is InChI=1S/C21H24Cl2O7/c1-21(8-9-28-16-6-4-12(26-2)10-14(16)22)19(25)18(24)20(30-21)29-17-7-5-13(27-3)11-15(17)23/h4-7,10-11,18-20,24-25H,8-9H2,1-3H3/t18-,19+,20-,21?/m0/s1. The fourth-order valence-electron chi connectivity index (χ4n) is 3.13. The molecule has 1 aliphatic heterocycles. The van der Waals surface area contributed by atoms with Gasteiger partial charge in [0.2, 0.25) is 6.29 Å². The Labute approximate surface area is 185 Å². The SMILES string of the molecule is COc1ccc(OCCC2(C)O[C@H](Oc3ccc(OC)cc3Cl)[C@@H](O)[C@H]2O)c(Cl)c1. The quantitative estimate of drug-likeness (QED) is 0.623. The van der Waals surface area contributed by atoms with Crippen molar-refractivity contribution in [2.45, 2.75) is 37.4 Å². The minimum absolute atomic E-state index is 0.197. The maximum atomic E-state index is 10.5. The molecule has 0 amide bonds. The molecular weight excluding hydrogens is 435 g/mol. The third-order valence-electron chi connectivity index (χ3n) is 4.99. The number of aliphatic hydroxyl groups is 2. The van der Waals surface area contributed by atoms with Crippen LogP contribution in [0.15, 0.2) is 36.4 Å². The first-order valence-electron chi connectivity index (χ1n) is 9.28. The molecule has 0 saturated carbocycles. The van der Waals surface area contributed by atoms with E-state index >= 15 is 0 Å². The van der Waals surface area contributed by atoms with Crippen molar-refractivity contribution in [3.05, 3.63) is 46.4 Å². The number of aliphatic hydroxyl groups excluding tert-OH is 2. The van der Waals surface area contributed by atoms with Crippen molar-refractivity contribution < 1.29 is 33.9 Å². The maximum absolute atomic E-state index is 10.5. The second-order valence-electron chi connectivity index (χ2n) is 7.04. The lowest BCUT2D eigenvalue weighted by Gasteiger charge is -2.27. The Morgan fingerprint density at radius 1 is 0.967 bits per heavy atom. The molecule has 2 aromatic carbocycles. The van der Waals surface area contributed by atoms with Crippen molar-refractivity contribution in [2.24, 2.45) is 0 Å². The third-order valence-corrected chi connectivity index (χ3v) is 5.58. The van der Waals surface area contributed by atoms with Crippen LogP contribution in [0.3, 0.4) is 0 Å². The fraction of sp³-hybridized carbons (Fsp3) is 0.429. The summed E-state index contributed by atoms with van der Waals surface area (Å²) in [6.07, 6.45) is -3.27. The molecule has 4 atom stereocenters. The molecule has 1 unspecified atom stereocenters. The number of rotatable bonds is 8. The van der Waals surface area contributed by atoms with Crippen LogP contribution < -0.4 is 18.9 Å². The van der Waals surface area contributed by atoms with E-state index in [9.17, 15) is 10.2 Å². The number of methoxy groups -OCH3 is 2. The predicted octanol–water partition coefficient (Wildman–Crippen LogP) is 3.70. The van der Waals surface area contributed by atoms with Crippen LogP contribution in [0.4, 0.5) is 0 Å². The molecule has 3 rings (SSSR count). The smallest absolute Gasteiger partial charge is 0.229 e. The number of ether oxygens (including phenoxy) is 5. The van der Waals surface area contributed by atoms with Gasteiger partial charge in [0, 0.05) is 18.6 Å². The van der Waals surface area contributed by atoms with Gasteiger partial charge in [0.15, 0.2) is 0 Å². The van der Waals surface area contributed by atoms with Gasteiger partial charge in [-0.25, -0.2) is 0 Å². The van der Waals surface area contributed by atoms with E-state index in [0.717, 1.165) is 0 Å². The van der Waals surface area contributed by atoms with Crippen molar-refractivity contribution in [3.63, 3.8) is 0 Å². The summed E-state index contributed by atoms with van der Waals surface area (Å²) in [5.41, 5.74) is -1.10. The first-order chi connectivity index (χ1) is 14.3. The van der Waals surface area contributed by atoms with Crippen molar-refractivity contribution in [1.29, 1.82) is 0 Å². The van der Waals surface area contributed by atoms with Crippen molar-refractivity contribution in [2.75, 3.05) is 20.8 Å². The van der Waals surface area contributed by atoms with Gasteiger partial charge in [-0.3, -0.25) is 0 Å². The summed E-state index contributed by atoms with van der Waals surface area (Å²) in [7, 11) is 3.08. The average molecular weight is 459 g/mol. The first-order valence-corrected chi connectivity index (χ1v) is 10.0. The minimum Gasteiger partial charge on any atom is -0.497 e. The van der Waals surface area contributed by atoms with Gasteiger partial charge in [0.05, 0.1) is 30.9 Å². The molecule has 1 fully saturated rings. The largest absolute Gasteiger partial charge is 0.497 e. The molecule has 2 N–H and O–H groups in total. The zero-order chi connectivity index (χ0) is 21.9. The summed E-state index contributed by atoms with van der Waals surface area (Å²) in [6, 6.07) is 9.93. The minimum atomic E-state index is -1.27. The molecule has 164 valence electrons. The second-order valence-corrected chi connectivity index (χ2v) is 7.86. The Morgan fingerprint density at radius 3 is 2.07 bits per heavy atom. The van der Waals surface area contributed by atoms with E-state index in [0.29, 0.717) is 33.0 Å². The molecule has 0 spiro atoms. The zero-order valence-corrected chi connectivity index (χ0v) is 18.3. The number of hydrogen-bond acceptors (Lipinski definition) is 7. The summed E-state index contributed by atoms with van der Waals surface area (Å²) < 4.78 is 27.5. The predicted molar refractivity (Wildman–Crippen MR) is 112 cm³/mol. The van der Waals surface area contributed by atoms with Crippen molar-refractivity contribution >= 4 is 23.2 Å². The summed E-state index contributed by atoms with van der Waals surface area (Å²) in [6.45, 7) is 1.88. The van der Waals surface area contributed by atoms with Crippen LogP contribution in [0.2, 0.25) is 10.0 Å². The Balaban J connectivity index is 1.62. The van der Waals surface area contributed by atoms with Crippen LogP contribution in [0, 0.1) is 0 Å². The summed E-state index contributed by atoms with van der Waals surface area (Å²) >= 11 is 12.4. The van der Waals surface area contributed by atoms with Gasteiger partial charge < -0.3 is 33.9 Å². The number of benzene rings is 2. The first kappa shape index (κ1) is 22.8. The van der Waals surface area contributed by atoms with Gasteiger partial charge in [-0.15, -0.1) is 0 Å². The van der Waals surface area contributed by atoms with E-state index in [2.05, 4.69) is 0 Å². The Bertz CT molecular complexity index is 878. The molecule has 1 saturated heterocycles. The van der Waals surface area contributed by atoms with Crippen molar-refractivity contribution in [1.82, 2.24) is 0 Å². The zero-order valence-electron chi connectivity index (χ0n) is 16.8. The fourth-order valence-corrected chi connectivity index (χ4v) is 3.57. The monoisotopic (exact) mass is 458 g/mol. The molecule has 1 aliphatic rings. The normalized spacial score (nSPS) is 25.8.